The van der Waals surface area contributed by atoms with Crippen LogP contribution in [0, 0.1) is 0 Å². The van der Waals surface area contributed by atoms with E-state index in [9.17, 15) is 0 Å². The molecule has 0 aliphatic carbocycles. The third-order valence-corrected chi connectivity index (χ3v) is 10.2. The van der Waals surface area contributed by atoms with E-state index in [-0.39, 0.29) is 0 Å². The van der Waals surface area contributed by atoms with Gasteiger partial charge in [-0.2, -0.15) is 0 Å². The summed E-state index contributed by atoms with van der Waals surface area (Å²) in [4.78, 5) is 0. The molecular formula is C28H58O2S3. The number of hydrogen-bond donors (Lipinski definition) is 0. The lowest BCUT2D eigenvalue weighted by Crippen LogP contribution is -1.99. The lowest BCUT2D eigenvalue weighted by molar-refractivity contribution is 0.145. The first-order chi connectivity index (χ1) is 16.4. The highest BCUT2D eigenvalue weighted by molar-refractivity contribution is 9.09. The maximum atomic E-state index is 5.77. The van der Waals surface area contributed by atoms with E-state index in [4.69, 9.17) is 9.47 Å². The molecule has 33 heavy (non-hydrogen) atoms. The fourth-order valence-electron chi connectivity index (χ4n) is 3.88. The Bertz CT molecular complexity index is 302. The molecule has 0 bridgehead atoms. The first-order valence-electron chi connectivity index (χ1n) is 14.5. The van der Waals surface area contributed by atoms with Crippen LogP contribution < -0.4 is 0 Å². The van der Waals surface area contributed by atoms with Crippen LogP contribution in [0.4, 0.5) is 0 Å². The summed E-state index contributed by atoms with van der Waals surface area (Å²) in [7, 11) is 5.74. The van der Waals surface area contributed by atoms with E-state index < -0.39 is 0 Å². The van der Waals surface area contributed by atoms with Gasteiger partial charge in [-0.3, -0.25) is 0 Å². The van der Waals surface area contributed by atoms with E-state index in [1.165, 1.54) is 128 Å². The predicted octanol–water partition coefficient (Wildman–Crippen LogP) is 10.9. The minimum absolute atomic E-state index is 0.894. The number of unbranched alkanes of at least 4 members (excludes halogenated alkanes) is 18. The van der Waals surface area contributed by atoms with Gasteiger partial charge in [0.2, 0.25) is 0 Å². The topological polar surface area (TPSA) is 18.5 Å². The van der Waals surface area contributed by atoms with Crippen LogP contribution in [0.5, 0.6) is 0 Å². The third kappa shape index (κ3) is 33.0. The fraction of sp³-hybridized carbons (Fsp3) is 1.00. The average Bonchev–Trinajstić information content (AvgIpc) is 2.83. The van der Waals surface area contributed by atoms with Gasteiger partial charge in [0.15, 0.2) is 0 Å². The fourth-order valence-corrected chi connectivity index (χ4v) is 7.31. The smallest absolute Gasteiger partial charge is 0.0565 e. The molecule has 0 aliphatic heterocycles. The van der Waals surface area contributed by atoms with E-state index in [1.807, 2.05) is 31.4 Å². The molecular weight excluding hydrogens is 465 g/mol. The molecule has 0 unspecified atom stereocenters. The minimum Gasteiger partial charge on any atom is -0.381 e. The van der Waals surface area contributed by atoms with Crippen LogP contribution in [-0.4, -0.2) is 37.9 Å². The van der Waals surface area contributed by atoms with E-state index in [0.717, 1.165) is 37.9 Å². The first-order valence-corrected chi connectivity index (χ1v) is 18.3. The van der Waals surface area contributed by atoms with Crippen LogP contribution in [0.2, 0.25) is 0 Å². The molecule has 0 rings (SSSR count). The Labute approximate surface area is 220 Å². The summed E-state index contributed by atoms with van der Waals surface area (Å²) in [5.74, 6) is 2.18. The standard InChI is InChI=1S/C28H58O2S3/c1-3-5-7-9-11-13-15-17-19-21-23-29-25-27-31-33-32-28-26-30-24-22-20-18-16-14-12-10-8-6-4-2/h3-28H2,1-2H3. The zero-order chi connectivity index (χ0) is 23.9. The minimum atomic E-state index is 0.894. The first kappa shape index (κ1) is 34.0. The quantitative estimate of drug-likeness (QED) is 0.0687. The number of rotatable bonds is 30. The molecule has 0 saturated heterocycles. The molecule has 2 nitrogen and oxygen atoms in total. The molecule has 0 aromatic rings. The van der Waals surface area contributed by atoms with Crippen molar-refractivity contribution in [3.8, 4) is 0 Å². The molecule has 0 radical (unpaired) electrons. The van der Waals surface area contributed by atoms with Crippen LogP contribution in [0.1, 0.15) is 142 Å². The zero-order valence-electron chi connectivity index (χ0n) is 22.4. The molecule has 0 amide bonds. The van der Waals surface area contributed by atoms with Crippen molar-refractivity contribution in [1.29, 1.82) is 0 Å². The lowest BCUT2D eigenvalue weighted by Gasteiger charge is -2.05. The van der Waals surface area contributed by atoms with Crippen LogP contribution in [-0.2, 0) is 9.47 Å². The van der Waals surface area contributed by atoms with E-state index >= 15 is 0 Å². The Kier molecular flexibility index (Phi) is 33.9. The lowest BCUT2D eigenvalue weighted by atomic mass is 10.1. The van der Waals surface area contributed by atoms with Gasteiger partial charge in [-0.05, 0) is 22.7 Å². The molecule has 0 heterocycles. The molecule has 200 valence electrons. The molecule has 5 heteroatoms. The van der Waals surface area contributed by atoms with Gasteiger partial charge in [0.05, 0.1) is 13.2 Å². The monoisotopic (exact) mass is 522 g/mol. The summed E-state index contributed by atoms with van der Waals surface area (Å²) >= 11 is 0. The molecule has 0 aromatic carbocycles. The zero-order valence-corrected chi connectivity index (χ0v) is 24.9. The van der Waals surface area contributed by atoms with Gasteiger partial charge in [0, 0.05) is 24.7 Å². The molecule has 0 fully saturated rings. The van der Waals surface area contributed by atoms with Gasteiger partial charge in [-0.1, -0.05) is 151 Å². The molecule has 0 aromatic heterocycles. The largest absolute Gasteiger partial charge is 0.381 e. The van der Waals surface area contributed by atoms with Gasteiger partial charge < -0.3 is 9.47 Å². The summed E-state index contributed by atoms with van der Waals surface area (Å²) in [6.45, 7) is 8.25. The summed E-state index contributed by atoms with van der Waals surface area (Å²) < 4.78 is 11.5. The summed E-state index contributed by atoms with van der Waals surface area (Å²) in [6.07, 6.45) is 27.8. The van der Waals surface area contributed by atoms with Crippen LogP contribution in [0.15, 0.2) is 0 Å². The Morgan fingerprint density at radius 1 is 0.364 bits per heavy atom. The van der Waals surface area contributed by atoms with Crippen LogP contribution in [0.25, 0.3) is 0 Å². The Hall–Kier alpha value is 0.970. The average molecular weight is 523 g/mol. The van der Waals surface area contributed by atoms with Gasteiger partial charge in [-0.15, -0.1) is 0 Å². The van der Waals surface area contributed by atoms with Gasteiger partial charge >= 0.3 is 0 Å². The van der Waals surface area contributed by atoms with Gasteiger partial charge in [0.25, 0.3) is 0 Å². The van der Waals surface area contributed by atoms with Crippen LogP contribution in [0.3, 0.4) is 0 Å². The second-order valence-electron chi connectivity index (χ2n) is 9.30. The maximum Gasteiger partial charge on any atom is 0.0565 e. The van der Waals surface area contributed by atoms with Gasteiger partial charge in [-0.25, -0.2) is 0 Å². The highest BCUT2D eigenvalue weighted by atomic mass is 33.5. The Balaban J connectivity index is 2.99. The maximum absolute atomic E-state index is 5.77. The third-order valence-electron chi connectivity index (χ3n) is 6.00. The van der Waals surface area contributed by atoms with Crippen molar-refractivity contribution in [3.63, 3.8) is 0 Å². The Morgan fingerprint density at radius 2 is 0.667 bits per heavy atom. The predicted molar refractivity (Wildman–Crippen MR) is 158 cm³/mol. The van der Waals surface area contributed by atoms with Crippen molar-refractivity contribution in [2.24, 2.45) is 0 Å². The summed E-state index contributed by atoms with van der Waals surface area (Å²) in [5.41, 5.74) is 0. The van der Waals surface area contributed by atoms with E-state index in [2.05, 4.69) is 13.8 Å². The number of hydrogen-bond acceptors (Lipinski definition) is 5. The van der Waals surface area contributed by atoms with E-state index in [0.29, 0.717) is 0 Å². The molecule has 0 N–H and O–H groups in total. The van der Waals surface area contributed by atoms with Crippen molar-refractivity contribution < 1.29 is 9.47 Å². The molecule has 0 saturated carbocycles. The highest BCUT2D eigenvalue weighted by Gasteiger charge is 1.97. The van der Waals surface area contributed by atoms with Crippen molar-refractivity contribution >= 4 is 31.4 Å². The van der Waals surface area contributed by atoms with Crippen molar-refractivity contribution in [3.05, 3.63) is 0 Å². The summed E-state index contributed by atoms with van der Waals surface area (Å²) in [6, 6.07) is 0. The van der Waals surface area contributed by atoms with Crippen molar-refractivity contribution in [1.82, 2.24) is 0 Å². The Morgan fingerprint density at radius 3 is 1.00 bits per heavy atom. The summed E-state index contributed by atoms with van der Waals surface area (Å²) in [5, 5.41) is 0. The van der Waals surface area contributed by atoms with E-state index in [1.54, 1.807) is 0 Å². The van der Waals surface area contributed by atoms with Crippen LogP contribution >= 0.6 is 31.4 Å². The SMILES string of the molecule is CCCCCCCCCCCCOCCSSSCCOCCCCCCCCCCCC. The highest BCUT2D eigenvalue weighted by Crippen LogP contribution is 2.33. The normalized spacial score (nSPS) is 11.5. The molecule has 0 atom stereocenters. The second kappa shape index (κ2) is 33.0. The second-order valence-corrected chi connectivity index (χ2v) is 13.8. The van der Waals surface area contributed by atoms with Crippen molar-refractivity contribution in [2.75, 3.05) is 37.9 Å². The number of ether oxygens (including phenoxy) is 2. The van der Waals surface area contributed by atoms with Crippen molar-refractivity contribution in [2.45, 2.75) is 142 Å². The van der Waals surface area contributed by atoms with Gasteiger partial charge in [0.1, 0.15) is 0 Å². The molecule has 0 aliphatic rings. The molecule has 0 spiro atoms.